The highest BCUT2D eigenvalue weighted by atomic mass is 32.2. The van der Waals surface area contributed by atoms with E-state index in [0.717, 1.165) is 37.0 Å². The standard InChI is InChI=1S/C23H28N2O5S/c1-16(17-6-9-19(10-7-17)31(2,27)28)24-15-22(26)25-18-8-11-20-21(14-18)30-23(29-20)12-4-3-5-13-23/h6-11,14,16,24H,3-5,12-13,15H2,1-2H3,(H,25,26). The van der Waals surface area contributed by atoms with E-state index in [4.69, 9.17) is 9.47 Å². The number of anilines is 1. The van der Waals surface area contributed by atoms with Crippen molar-refractivity contribution in [3.05, 3.63) is 48.0 Å². The Morgan fingerprint density at radius 1 is 1.03 bits per heavy atom. The largest absolute Gasteiger partial charge is 0.448 e. The lowest BCUT2D eigenvalue weighted by molar-refractivity contribution is -0.115. The SMILES string of the molecule is CC(NCC(=O)Nc1ccc2c(c1)OC1(CCCCC1)O2)c1ccc(S(C)(=O)=O)cc1. The number of benzene rings is 2. The lowest BCUT2D eigenvalue weighted by atomic mass is 9.94. The first-order valence-corrected chi connectivity index (χ1v) is 12.5. The third-order valence-corrected chi connectivity index (χ3v) is 6.94. The quantitative estimate of drug-likeness (QED) is 0.704. The van der Waals surface area contributed by atoms with Crippen LogP contribution >= 0.6 is 0 Å². The van der Waals surface area contributed by atoms with Gasteiger partial charge in [0.25, 0.3) is 5.79 Å². The number of rotatable bonds is 6. The number of carbonyl (C=O) groups excluding carboxylic acids is 1. The minimum Gasteiger partial charge on any atom is -0.448 e. The van der Waals surface area contributed by atoms with Gasteiger partial charge in [-0.1, -0.05) is 18.6 Å². The average Bonchev–Trinajstić information content (AvgIpc) is 3.08. The molecule has 0 aromatic heterocycles. The molecule has 4 rings (SSSR count). The summed E-state index contributed by atoms with van der Waals surface area (Å²) in [5.41, 5.74) is 1.56. The van der Waals surface area contributed by atoms with Gasteiger partial charge in [0.15, 0.2) is 21.3 Å². The predicted molar refractivity (Wildman–Crippen MR) is 118 cm³/mol. The van der Waals surface area contributed by atoms with Gasteiger partial charge in [0.1, 0.15) is 0 Å². The molecule has 2 aromatic rings. The van der Waals surface area contributed by atoms with E-state index in [-0.39, 0.29) is 23.4 Å². The topological polar surface area (TPSA) is 93.7 Å². The number of fused-ring (bicyclic) bond motifs is 1. The summed E-state index contributed by atoms with van der Waals surface area (Å²) in [4.78, 5) is 12.7. The molecule has 2 aromatic carbocycles. The average molecular weight is 445 g/mol. The summed E-state index contributed by atoms with van der Waals surface area (Å²) in [6.07, 6.45) is 6.35. The number of ether oxygens (including phenoxy) is 2. The summed E-state index contributed by atoms with van der Waals surface area (Å²) in [6.45, 7) is 2.04. The molecule has 2 aliphatic rings. The molecule has 8 heteroatoms. The van der Waals surface area contributed by atoms with Crippen molar-refractivity contribution in [3.63, 3.8) is 0 Å². The Morgan fingerprint density at radius 3 is 2.39 bits per heavy atom. The third kappa shape index (κ3) is 5.02. The van der Waals surface area contributed by atoms with Crippen LogP contribution in [0.2, 0.25) is 0 Å². The summed E-state index contributed by atoms with van der Waals surface area (Å²) < 4.78 is 35.3. The lowest BCUT2D eigenvalue weighted by Gasteiger charge is -2.31. The van der Waals surface area contributed by atoms with Crippen LogP contribution in [0.25, 0.3) is 0 Å². The van der Waals surface area contributed by atoms with E-state index in [1.165, 1.54) is 12.7 Å². The van der Waals surface area contributed by atoms with Crippen molar-refractivity contribution >= 4 is 21.4 Å². The summed E-state index contributed by atoms with van der Waals surface area (Å²) in [5.74, 6) is 0.689. The molecule has 0 radical (unpaired) electrons. The Labute approximate surface area is 183 Å². The van der Waals surface area contributed by atoms with E-state index in [1.54, 1.807) is 24.3 Å². The predicted octanol–water partition coefficient (Wildman–Crippen LogP) is 3.81. The number of sulfone groups is 1. The normalized spacial score (nSPS) is 18.0. The molecule has 1 amide bonds. The number of nitrogens with one attached hydrogen (secondary N) is 2. The van der Waals surface area contributed by atoms with Gasteiger partial charge in [-0.05, 0) is 49.6 Å². The number of carbonyl (C=O) groups is 1. The maximum atomic E-state index is 12.4. The second kappa shape index (κ2) is 8.51. The van der Waals surface area contributed by atoms with Crippen molar-refractivity contribution in [1.29, 1.82) is 0 Å². The van der Waals surface area contributed by atoms with Crippen LogP contribution in [0, 0.1) is 0 Å². The van der Waals surface area contributed by atoms with Gasteiger partial charge in [0, 0.05) is 36.9 Å². The molecule has 1 aliphatic heterocycles. The molecule has 1 fully saturated rings. The zero-order chi connectivity index (χ0) is 22.1. The van der Waals surface area contributed by atoms with Gasteiger partial charge in [-0.3, -0.25) is 4.79 Å². The molecule has 1 unspecified atom stereocenters. The maximum Gasteiger partial charge on any atom is 0.251 e. The van der Waals surface area contributed by atoms with Crippen LogP contribution in [0.3, 0.4) is 0 Å². The van der Waals surface area contributed by atoms with E-state index in [1.807, 2.05) is 25.1 Å². The number of hydrogen-bond acceptors (Lipinski definition) is 6. The van der Waals surface area contributed by atoms with Crippen molar-refractivity contribution in [2.24, 2.45) is 0 Å². The fourth-order valence-electron chi connectivity index (χ4n) is 4.04. The van der Waals surface area contributed by atoms with Crippen LogP contribution in [0.15, 0.2) is 47.4 Å². The summed E-state index contributed by atoms with van der Waals surface area (Å²) in [6, 6.07) is 12.0. The molecule has 7 nitrogen and oxygen atoms in total. The molecule has 1 atom stereocenters. The molecule has 0 saturated heterocycles. The van der Waals surface area contributed by atoms with Crippen LogP contribution in [-0.2, 0) is 14.6 Å². The molecule has 166 valence electrons. The van der Waals surface area contributed by atoms with Crippen LogP contribution in [0.1, 0.15) is 50.6 Å². The summed E-state index contributed by atoms with van der Waals surface area (Å²) >= 11 is 0. The van der Waals surface area contributed by atoms with Crippen LogP contribution in [0.4, 0.5) is 5.69 Å². The first kappa shape index (κ1) is 21.6. The Balaban J connectivity index is 1.31. The van der Waals surface area contributed by atoms with E-state index in [0.29, 0.717) is 11.4 Å². The Bertz CT molecular complexity index is 1060. The fourth-order valence-corrected chi connectivity index (χ4v) is 4.67. The van der Waals surface area contributed by atoms with Gasteiger partial charge in [-0.15, -0.1) is 0 Å². The molecule has 0 bridgehead atoms. The summed E-state index contributed by atoms with van der Waals surface area (Å²) in [7, 11) is -3.22. The maximum absolute atomic E-state index is 12.4. The Morgan fingerprint density at radius 2 is 1.71 bits per heavy atom. The van der Waals surface area contributed by atoms with Gasteiger partial charge in [-0.25, -0.2) is 8.42 Å². The van der Waals surface area contributed by atoms with Crippen molar-refractivity contribution < 1.29 is 22.7 Å². The van der Waals surface area contributed by atoms with Gasteiger partial charge in [0.2, 0.25) is 5.91 Å². The molecular weight excluding hydrogens is 416 g/mol. The zero-order valence-corrected chi connectivity index (χ0v) is 18.6. The first-order chi connectivity index (χ1) is 14.7. The number of amides is 1. The van der Waals surface area contributed by atoms with Crippen molar-refractivity contribution in [2.75, 3.05) is 18.1 Å². The van der Waals surface area contributed by atoms with Gasteiger partial charge in [-0.2, -0.15) is 0 Å². The second-order valence-electron chi connectivity index (χ2n) is 8.33. The monoisotopic (exact) mass is 444 g/mol. The van der Waals surface area contributed by atoms with Crippen LogP contribution in [-0.4, -0.2) is 32.9 Å². The highest BCUT2D eigenvalue weighted by Crippen LogP contribution is 2.46. The first-order valence-electron chi connectivity index (χ1n) is 10.6. The van der Waals surface area contributed by atoms with Gasteiger partial charge >= 0.3 is 0 Å². The molecule has 1 aliphatic carbocycles. The Kier molecular flexibility index (Phi) is 5.94. The minimum atomic E-state index is -3.22. The summed E-state index contributed by atoms with van der Waals surface area (Å²) in [5, 5.41) is 6.04. The minimum absolute atomic E-state index is 0.109. The molecule has 31 heavy (non-hydrogen) atoms. The highest BCUT2D eigenvalue weighted by molar-refractivity contribution is 7.90. The zero-order valence-electron chi connectivity index (χ0n) is 17.8. The smallest absolute Gasteiger partial charge is 0.251 e. The Hall–Kier alpha value is -2.58. The molecule has 1 heterocycles. The van der Waals surface area contributed by atoms with Crippen LogP contribution in [0.5, 0.6) is 11.5 Å². The molecule has 2 N–H and O–H groups in total. The molecule has 1 spiro atoms. The molecular formula is C23H28N2O5S. The lowest BCUT2D eigenvalue weighted by Crippen LogP contribution is -2.40. The fraction of sp³-hybridized carbons (Fsp3) is 0.435. The van der Waals surface area contributed by atoms with Crippen molar-refractivity contribution in [2.45, 2.75) is 55.8 Å². The third-order valence-electron chi connectivity index (χ3n) is 5.81. The molecule has 1 saturated carbocycles. The number of hydrogen-bond donors (Lipinski definition) is 2. The van der Waals surface area contributed by atoms with Crippen molar-refractivity contribution in [3.8, 4) is 11.5 Å². The van der Waals surface area contributed by atoms with Crippen LogP contribution < -0.4 is 20.1 Å². The van der Waals surface area contributed by atoms with Gasteiger partial charge < -0.3 is 20.1 Å². The van der Waals surface area contributed by atoms with E-state index in [2.05, 4.69) is 10.6 Å². The van der Waals surface area contributed by atoms with Crippen molar-refractivity contribution in [1.82, 2.24) is 5.32 Å². The van der Waals surface area contributed by atoms with E-state index >= 15 is 0 Å². The second-order valence-corrected chi connectivity index (χ2v) is 10.3. The van der Waals surface area contributed by atoms with Gasteiger partial charge in [0.05, 0.1) is 11.4 Å². The van der Waals surface area contributed by atoms with E-state index < -0.39 is 15.6 Å². The highest BCUT2D eigenvalue weighted by Gasteiger charge is 2.42. The van der Waals surface area contributed by atoms with E-state index in [9.17, 15) is 13.2 Å².